The summed E-state index contributed by atoms with van der Waals surface area (Å²) in [7, 11) is 0. The fourth-order valence-corrected chi connectivity index (χ4v) is 4.10. The number of nitrogens with one attached hydrogen (secondary N) is 1. The van der Waals surface area contributed by atoms with Crippen LogP contribution in [0.4, 0.5) is 10.5 Å². The number of nitrogens with zero attached hydrogens (tertiary/aromatic N) is 1. The van der Waals surface area contributed by atoms with Crippen molar-refractivity contribution >= 4 is 51.2 Å². The van der Waals surface area contributed by atoms with Crippen molar-refractivity contribution in [2.75, 3.05) is 11.5 Å². The zero-order valence-electron chi connectivity index (χ0n) is 17.9. The molecule has 1 N–H and O–H groups in total. The largest absolute Gasteiger partial charge is 0.494 e. The van der Waals surface area contributed by atoms with Crippen LogP contribution >= 0.6 is 0 Å². The van der Waals surface area contributed by atoms with Crippen LogP contribution in [0, 0.1) is 0 Å². The number of ether oxygens (including phenoxy) is 1. The number of fused-ring (bicyclic) bond motifs is 2. The van der Waals surface area contributed by atoms with Gasteiger partial charge in [0, 0.05) is 0 Å². The second-order valence-corrected chi connectivity index (χ2v) is 7.62. The Bertz CT molecular complexity index is 1400. The van der Waals surface area contributed by atoms with Gasteiger partial charge >= 0.3 is 6.03 Å². The number of anilines is 1. The van der Waals surface area contributed by atoms with Gasteiger partial charge in [-0.1, -0.05) is 48.5 Å². The Morgan fingerprint density at radius 1 is 0.848 bits per heavy atom. The third-order valence-corrected chi connectivity index (χ3v) is 5.61. The Morgan fingerprint density at radius 2 is 1.45 bits per heavy atom. The summed E-state index contributed by atoms with van der Waals surface area (Å²) in [5, 5.41) is 6.10. The Hall–Kier alpha value is -4.45. The van der Waals surface area contributed by atoms with Crippen molar-refractivity contribution < 1.29 is 19.1 Å². The summed E-state index contributed by atoms with van der Waals surface area (Å²) in [6.45, 7) is 2.37. The molecule has 5 rings (SSSR count). The molecule has 1 fully saturated rings. The first-order valence-corrected chi connectivity index (χ1v) is 10.6. The smallest absolute Gasteiger partial charge is 0.335 e. The predicted octanol–water partition coefficient (Wildman–Crippen LogP) is 5.06. The molecule has 0 spiro atoms. The molecule has 1 aliphatic rings. The summed E-state index contributed by atoms with van der Waals surface area (Å²) in [6.07, 6.45) is 1.58. The minimum absolute atomic E-state index is 0.106. The molecule has 4 aromatic carbocycles. The summed E-state index contributed by atoms with van der Waals surface area (Å²) in [4.78, 5) is 39.7. The standard InChI is InChI=1S/C27H20N2O4/c1-2-33-20-13-11-19(12-14-20)29-26(31)24(25(30)28-27(29)32)16-23-21-9-5-3-7-17(21)15-18-8-4-6-10-22(18)23/h3-16H,2H2,1H3,(H,28,30,32). The second kappa shape index (κ2) is 8.24. The van der Waals surface area contributed by atoms with Gasteiger partial charge in [0.2, 0.25) is 0 Å². The van der Waals surface area contributed by atoms with Gasteiger partial charge in [-0.15, -0.1) is 0 Å². The van der Waals surface area contributed by atoms with E-state index in [1.165, 1.54) is 0 Å². The number of carbonyl (C=O) groups is 3. The molecule has 0 saturated carbocycles. The lowest BCUT2D eigenvalue weighted by Gasteiger charge is -2.26. The van der Waals surface area contributed by atoms with E-state index in [1.807, 2.05) is 55.5 Å². The zero-order valence-corrected chi connectivity index (χ0v) is 17.9. The third kappa shape index (κ3) is 3.61. The highest BCUT2D eigenvalue weighted by Gasteiger charge is 2.37. The van der Waals surface area contributed by atoms with E-state index in [2.05, 4.69) is 11.4 Å². The molecular weight excluding hydrogens is 416 g/mol. The summed E-state index contributed by atoms with van der Waals surface area (Å²) in [5.41, 5.74) is 0.996. The molecule has 1 heterocycles. The Labute approximate surface area is 190 Å². The van der Waals surface area contributed by atoms with Crippen molar-refractivity contribution in [2.45, 2.75) is 6.92 Å². The first-order chi connectivity index (χ1) is 16.1. The average molecular weight is 436 g/mol. The van der Waals surface area contributed by atoms with Gasteiger partial charge < -0.3 is 4.74 Å². The van der Waals surface area contributed by atoms with Gasteiger partial charge in [0.15, 0.2) is 0 Å². The third-order valence-electron chi connectivity index (χ3n) is 5.61. The lowest BCUT2D eigenvalue weighted by Crippen LogP contribution is -2.54. The maximum Gasteiger partial charge on any atom is 0.335 e. The summed E-state index contributed by atoms with van der Waals surface area (Å²) >= 11 is 0. The fraction of sp³-hybridized carbons (Fsp3) is 0.0741. The highest BCUT2D eigenvalue weighted by Crippen LogP contribution is 2.31. The van der Waals surface area contributed by atoms with Crippen LogP contribution in [0.1, 0.15) is 12.5 Å². The van der Waals surface area contributed by atoms with Crippen LogP contribution in [0.3, 0.4) is 0 Å². The number of rotatable bonds is 4. The monoisotopic (exact) mass is 436 g/mol. The lowest BCUT2D eigenvalue weighted by atomic mass is 9.94. The normalized spacial score (nSPS) is 15.4. The van der Waals surface area contributed by atoms with Crippen molar-refractivity contribution in [2.24, 2.45) is 0 Å². The molecule has 6 nitrogen and oxygen atoms in total. The summed E-state index contributed by atoms with van der Waals surface area (Å²) in [6, 6.07) is 23.5. The number of barbiturate groups is 1. The SMILES string of the molecule is CCOc1ccc(N2C(=O)NC(=O)C(=Cc3c4ccccc4cc4ccccc34)C2=O)cc1. The predicted molar refractivity (Wildman–Crippen MR) is 128 cm³/mol. The quantitative estimate of drug-likeness (QED) is 0.276. The number of urea groups is 1. The molecule has 0 unspecified atom stereocenters. The number of benzene rings is 4. The molecule has 4 aromatic rings. The van der Waals surface area contributed by atoms with Crippen LogP contribution < -0.4 is 15.0 Å². The zero-order chi connectivity index (χ0) is 22.9. The Balaban J connectivity index is 1.65. The number of amides is 4. The van der Waals surface area contributed by atoms with Gasteiger partial charge in [0.25, 0.3) is 11.8 Å². The van der Waals surface area contributed by atoms with E-state index >= 15 is 0 Å². The molecule has 0 radical (unpaired) electrons. The van der Waals surface area contributed by atoms with E-state index in [-0.39, 0.29) is 5.57 Å². The summed E-state index contributed by atoms with van der Waals surface area (Å²) < 4.78 is 5.43. The van der Waals surface area contributed by atoms with Gasteiger partial charge in [-0.25, -0.2) is 9.69 Å². The van der Waals surface area contributed by atoms with E-state index in [9.17, 15) is 14.4 Å². The fourth-order valence-electron chi connectivity index (χ4n) is 4.10. The Kier molecular flexibility index (Phi) is 5.11. The van der Waals surface area contributed by atoms with Gasteiger partial charge in [-0.2, -0.15) is 0 Å². The number of hydrogen-bond acceptors (Lipinski definition) is 4. The second-order valence-electron chi connectivity index (χ2n) is 7.62. The summed E-state index contributed by atoms with van der Waals surface area (Å²) in [5.74, 6) is -0.769. The van der Waals surface area contributed by atoms with Gasteiger partial charge in [-0.05, 0) is 70.4 Å². The van der Waals surface area contributed by atoms with E-state index < -0.39 is 17.8 Å². The van der Waals surface area contributed by atoms with Crippen LogP contribution in [0.25, 0.3) is 27.6 Å². The van der Waals surface area contributed by atoms with Crippen molar-refractivity contribution in [1.82, 2.24) is 5.32 Å². The number of imide groups is 2. The van der Waals surface area contributed by atoms with Crippen LogP contribution in [-0.2, 0) is 9.59 Å². The van der Waals surface area contributed by atoms with Crippen LogP contribution in [0.15, 0.2) is 84.4 Å². The van der Waals surface area contributed by atoms with Crippen molar-refractivity contribution in [3.63, 3.8) is 0 Å². The lowest BCUT2D eigenvalue weighted by molar-refractivity contribution is -0.122. The molecule has 162 valence electrons. The van der Waals surface area contributed by atoms with Gasteiger partial charge in [0.05, 0.1) is 12.3 Å². The number of hydrogen-bond donors (Lipinski definition) is 1. The Morgan fingerprint density at radius 3 is 2.06 bits per heavy atom. The maximum atomic E-state index is 13.4. The minimum Gasteiger partial charge on any atom is -0.494 e. The van der Waals surface area contributed by atoms with E-state index in [0.29, 0.717) is 18.0 Å². The van der Waals surface area contributed by atoms with Gasteiger partial charge in [0.1, 0.15) is 11.3 Å². The molecule has 0 bridgehead atoms. The topological polar surface area (TPSA) is 75.7 Å². The maximum absolute atomic E-state index is 13.4. The molecular formula is C27H20N2O4. The molecule has 0 atom stereocenters. The van der Waals surface area contributed by atoms with Crippen LogP contribution in [0.5, 0.6) is 5.75 Å². The van der Waals surface area contributed by atoms with Crippen LogP contribution in [-0.4, -0.2) is 24.5 Å². The molecule has 6 heteroatoms. The minimum atomic E-state index is -0.783. The molecule has 0 aliphatic carbocycles. The van der Waals surface area contributed by atoms with E-state index in [4.69, 9.17) is 4.74 Å². The van der Waals surface area contributed by atoms with Crippen molar-refractivity contribution in [1.29, 1.82) is 0 Å². The first kappa shape index (κ1) is 20.5. The van der Waals surface area contributed by atoms with E-state index in [1.54, 1.807) is 30.3 Å². The highest BCUT2D eigenvalue weighted by molar-refractivity contribution is 6.39. The molecule has 0 aromatic heterocycles. The van der Waals surface area contributed by atoms with Crippen molar-refractivity contribution in [3.8, 4) is 5.75 Å². The van der Waals surface area contributed by atoms with Crippen LogP contribution in [0.2, 0.25) is 0 Å². The molecule has 4 amide bonds. The molecule has 1 saturated heterocycles. The van der Waals surface area contributed by atoms with Gasteiger partial charge in [-0.3, -0.25) is 14.9 Å². The molecule has 1 aliphatic heterocycles. The molecule has 33 heavy (non-hydrogen) atoms. The van der Waals surface area contributed by atoms with Crippen molar-refractivity contribution in [3.05, 3.63) is 90.0 Å². The first-order valence-electron chi connectivity index (χ1n) is 10.6. The highest BCUT2D eigenvalue weighted by atomic mass is 16.5. The van der Waals surface area contributed by atoms with E-state index in [0.717, 1.165) is 32.0 Å². The number of carbonyl (C=O) groups excluding carboxylic acids is 3. The average Bonchev–Trinajstić information content (AvgIpc) is 2.82.